The maximum absolute atomic E-state index is 14.3. The molecule has 0 aromatic heterocycles. The van der Waals surface area contributed by atoms with E-state index >= 15 is 0 Å². The average molecular weight is 594 g/mol. The molecule has 224 valence electrons. The monoisotopic (exact) mass is 593 g/mol. The fraction of sp³-hybridized carbons (Fsp3) is 0.375. The molecule has 0 saturated heterocycles. The van der Waals surface area contributed by atoms with Gasteiger partial charge in [0.2, 0.25) is 21.8 Å². The summed E-state index contributed by atoms with van der Waals surface area (Å²) >= 11 is 0. The van der Waals surface area contributed by atoms with E-state index in [0.29, 0.717) is 24.7 Å². The third kappa shape index (κ3) is 7.82. The number of rotatable bonds is 13. The van der Waals surface area contributed by atoms with Crippen molar-refractivity contribution in [1.82, 2.24) is 10.2 Å². The topological polar surface area (TPSA) is 105 Å². The Hall–Kier alpha value is -4.05. The van der Waals surface area contributed by atoms with Crippen molar-refractivity contribution in [2.45, 2.75) is 52.2 Å². The maximum atomic E-state index is 14.3. The van der Waals surface area contributed by atoms with Crippen LogP contribution in [0.3, 0.4) is 0 Å². The molecule has 0 fully saturated rings. The molecule has 3 aromatic carbocycles. The lowest BCUT2D eigenvalue weighted by Gasteiger charge is -2.34. The molecule has 0 radical (unpaired) electrons. The van der Waals surface area contributed by atoms with Crippen molar-refractivity contribution in [3.8, 4) is 11.5 Å². The normalized spacial score (nSPS) is 14.0. The molecule has 9 nitrogen and oxygen atoms in total. The van der Waals surface area contributed by atoms with Gasteiger partial charge < -0.3 is 19.7 Å². The summed E-state index contributed by atoms with van der Waals surface area (Å²) in [6.45, 7) is 5.81. The van der Waals surface area contributed by atoms with Gasteiger partial charge in [0, 0.05) is 25.1 Å². The highest BCUT2D eigenvalue weighted by Crippen LogP contribution is 2.35. The minimum atomic E-state index is -3.88. The number of benzene rings is 3. The molecule has 2 atom stereocenters. The minimum Gasteiger partial charge on any atom is -0.486 e. The van der Waals surface area contributed by atoms with E-state index < -0.39 is 28.5 Å². The average Bonchev–Trinajstić information content (AvgIpc) is 3.02. The lowest BCUT2D eigenvalue weighted by atomic mass is 10.0. The van der Waals surface area contributed by atoms with Gasteiger partial charge in [-0.15, -0.1) is 0 Å². The van der Waals surface area contributed by atoms with Crippen LogP contribution in [0.4, 0.5) is 5.69 Å². The number of ether oxygens (including phenoxy) is 2. The Bertz CT molecular complexity index is 1450. The number of amides is 2. The number of hydrogen-bond acceptors (Lipinski definition) is 6. The van der Waals surface area contributed by atoms with Crippen molar-refractivity contribution in [2.24, 2.45) is 0 Å². The van der Waals surface area contributed by atoms with Crippen LogP contribution in [0.2, 0.25) is 0 Å². The maximum Gasteiger partial charge on any atom is 0.244 e. The first kappa shape index (κ1) is 30.9. The Kier molecular flexibility index (Phi) is 10.5. The number of carbonyl (C=O) groups excluding carboxylic acids is 2. The fourth-order valence-corrected chi connectivity index (χ4v) is 5.74. The van der Waals surface area contributed by atoms with Gasteiger partial charge in [-0.25, -0.2) is 8.42 Å². The lowest BCUT2D eigenvalue weighted by molar-refractivity contribution is -0.140. The summed E-state index contributed by atoms with van der Waals surface area (Å²) in [5.74, 6) is -0.0678. The van der Waals surface area contributed by atoms with Gasteiger partial charge in [0.25, 0.3) is 0 Å². The van der Waals surface area contributed by atoms with Crippen molar-refractivity contribution in [3.05, 3.63) is 90.0 Å². The first-order chi connectivity index (χ1) is 20.2. The molecule has 1 N–H and O–H groups in total. The largest absolute Gasteiger partial charge is 0.486 e. The Morgan fingerprint density at radius 1 is 0.881 bits per heavy atom. The molecule has 0 unspecified atom stereocenters. The van der Waals surface area contributed by atoms with E-state index in [2.05, 4.69) is 5.32 Å². The third-order valence-corrected chi connectivity index (χ3v) is 9.00. The summed E-state index contributed by atoms with van der Waals surface area (Å²) in [7, 11) is -3.88. The van der Waals surface area contributed by atoms with Crippen molar-refractivity contribution >= 4 is 27.5 Å². The van der Waals surface area contributed by atoms with Crippen LogP contribution in [0.25, 0.3) is 0 Å². The van der Waals surface area contributed by atoms with Gasteiger partial charge in [-0.3, -0.25) is 13.9 Å². The van der Waals surface area contributed by atoms with E-state index in [9.17, 15) is 18.0 Å². The predicted molar refractivity (Wildman–Crippen MR) is 163 cm³/mol. The van der Waals surface area contributed by atoms with Gasteiger partial charge in [0.05, 0.1) is 11.4 Å². The van der Waals surface area contributed by atoms with Crippen LogP contribution in [0, 0.1) is 0 Å². The molecule has 1 aliphatic rings. The van der Waals surface area contributed by atoms with Gasteiger partial charge in [0.15, 0.2) is 11.5 Å². The van der Waals surface area contributed by atoms with Gasteiger partial charge >= 0.3 is 0 Å². The number of hydrogen-bond donors (Lipinski definition) is 1. The van der Waals surface area contributed by atoms with Crippen LogP contribution in [0.1, 0.15) is 38.3 Å². The summed E-state index contributed by atoms with van der Waals surface area (Å²) in [4.78, 5) is 29.5. The predicted octanol–water partition coefficient (Wildman–Crippen LogP) is 4.17. The Morgan fingerprint density at radius 3 is 2.12 bits per heavy atom. The zero-order valence-electron chi connectivity index (χ0n) is 24.4. The standard InChI is InChI=1S/C32H39N3O6S/c1-4-24(3)33-32(37)28(20-25-12-8-6-9-13-25)34(22-26-14-10-7-11-15-26)31(36)23-35(42(38,39)5-2)27-16-17-29-30(21-27)41-19-18-40-29/h6-17,21,24,28H,4-5,18-20,22-23H2,1-3H3,(H,33,37)/t24-,28+/m0/s1. The number of fused-ring (bicyclic) bond motifs is 1. The first-order valence-corrected chi connectivity index (χ1v) is 15.9. The number of nitrogens with one attached hydrogen (secondary N) is 1. The fourth-order valence-electron chi connectivity index (χ4n) is 4.68. The highest BCUT2D eigenvalue weighted by atomic mass is 32.2. The lowest BCUT2D eigenvalue weighted by Crippen LogP contribution is -2.54. The van der Waals surface area contributed by atoms with Crippen LogP contribution in [-0.4, -0.2) is 62.7 Å². The quantitative estimate of drug-likeness (QED) is 0.319. The second-order valence-electron chi connectivity index (χ2n) is 10.3. The first-order valence-electron chi connectivity index (χ1n) is 14.3. The molecule has 1 heterocycles. The van der Waals surface area contributed by atoms with Crippen molar-refractivity contribution in [3.63, 3.8) is 0 Å². The summed E-state index contributed by atoms with van der Waals surface area (Å²) in [5, 5.41) is 3.04. The van der Waals surface area contributed by atoms with E-state index in [1.54, 1.807) is 18.2 Å². The van der Waals surface area contributed by atoms with Crippen molar-refractivity contribution in [2.75, 3.05) is 29.8 Å². The molecule has 0 aliphatic carbocycles. The molecule has 3 aromatic rings. The number of nitrogens with zero attached hydrogens (tertiary/aromatic N) is 2. The molecule has 42 heavy (non-hydrogen) atoms. The van der Waals surface area contributed by atoms with E-state index in [0.717, 1.165) is 21.9 Å². The highest BCUT2D eigenvalue weighted by Gasteiger charge is 2.34. The SMILES string of the molecule is CC[C@H](C)NC(=O)[C@@H](Cc1ccccc1)N(Cc1ccccc1)C(=O)CN(c1ccc2c(c1)OCCO2)S(=O)(=O)CC. The van der Waals surface area contributed by atoms with Crippen LogP contribution >= 0.6 is 0 Å². The Morgan fingerprint density at radius 2 is 1.50 bits per heavy atom. The summed E-state index contributed by atoms with van der Waals surface area (Å²) in [6, 6.07) is 22.7. The van der Waals surface area contributed by atoms with Crippen molar-refractivity contribution < 1.29 is 27.5 Å². The molecular weight excluding hydrogens is 554 g/mol. The van der Waals surface area contributed by atoms with Crippen LogP contribution in [0.5, 0.6) is 11.5 Å². The zero-order chi connectivity index (χ0) is 30.1. The van der Waals surface area contributed by atoms with E-state index in [1.165, 1.54) is 11.8 Å². The van der Waals surface area contributed by atoms with Crippen LogP contribution in [0.15, 0.2) is 78.9 Å². The molecule has 2 amide bonds. The summed E-state index contributed by atoms with van der Waals surface area (Å²) < 4.78 is 39.1. The zero-order valence-corrected chi connectivity index (χ0v) is 25.2. The molecule has 10 heteroatoms. The number of carbonyl (C=O) groups is 2. The molecule has 1 aliphatic heterocycles. The summed E-state index contributed by atoms with van der Waals surface area (Å²) in [5.41, 5.74) is 2.00. The second kappa shape index (κ2) is 14.2. The Balaban J connectivity index is 1.73. The summed E-state index contributed by atoms with van der Waals surface area (Å²) in [6.07, 6.45) is 0.995. The van der Waals surface area contributed by atoms with E-state index in [4.69, 9.17) is 9.47 Å². The number of anilines is 1. The van der Waals surface area contributed by atoms with Crippen LogP contribution in [-0.2, 0) is 32.6 Å². The Labute approximate surface area is 248 Å². The second-order valence-corrected chi connectivity index (χ2v) is 12.4. The van der Waals surface area contributed by atoms with Gasteiger partial charge in [-0.05, 0) is 43.5 Å². The molecule has 4 rings (SSSR count). The molecule has 0 spiro atoms. The van der Waals surface area contributed by atoms with Gasteiger partial charge in [0.1, 0.15) is 25.8 Å². The molecule has 0 saturated carbocycles. The third-order valence-electron chi connectivity index (χ3n) is 7.26. The number of sulfonamides is 1. The van der Waals surface area contributed by atoms with E-state index in [-0.39, 0.29) is 36.4 Å². The van der Waals surface area contributed by atoms with Crippen LogP contribution < -0.4 is 19.1 Å². The van der Waals surface area contributed by atoms with Gasteiger partial charge in [-0.2, -0.15) is 0 Å². The molecule has 0 bridgehead atoms. The smallest absolute Gasteiger partial charge is 0.244 e. The van der Waals surface area contributed by atoms with E-state index in [1.807, 2.05) is 74.5 Å². The van der Waals surface area contributed by atoms with Gasteiger partial charge in [-0.1, -0.05) is 67.6 Å². The minimum absolute atomic E-state index is 0.0980. The molecular formula is C32H39N3O6S. The highest BCUT2D eigenvalue weighted by molar-refractivity contribution is 7.92. The van der Waals surface area contributed by atoms with Crippen molar-refractivity contribution in [1.29, 1.82) is 0 Å².